The van der Waals surface area contributed by atoms with Gasteiger partial charge in [0.05, 0.1) is 17.0 Å². The van der Waals surface area contributed by atoms with Gasteiger partial charge in [-0.1, -0.05) is 35.9 Å². The summed E-state index contributed by atoms with van der Waals surface area (Å²) in [6, 6.07) is 13.8. The van der Waals surface area contributed by atoms with E-state index in [0.29, 0.717) is 16.3 Å². The quantitative estimate of drug-likeness (QED) is 0.362. The van der Waals surface area contributed by atoms with Crippen molar-refractivity contribution in [3.05, 3.63) is 77.0 Å². The van der Waals surface area contributed by atoms with E-state index < -0.39 is 12.8 Å². The highest BCUT2D eigenvalue weighted by Gasteiger charge is 2.39. The summed E-state index contributed by atoms with van der Waals surface area (Å²) in [4.78, 5) is 31.4. The van der Waals surface area contributed by atoms with E-state index in [1.54, 1.807) is 53.4 Å². The van der Waals surface area contributed by atoms with Gasteiger partial charge in [0.2, 0.25) is 5.91 Å². The number of benzene rings is 2. The average Bonchev–Trinajstić information content (AvgIpc) is 3.07. The molecule has 7 nitrogen and oxygen atoms in total. The van der Waals surface area contributed by atoms with Crippen LogP contribution in [0.3, 0.4) is 0 Å². The maximum atomic E-state index is 12.4. The number of halogens is 1. The van der Waals surface area contributed by atoms with Crippen LogP contribution >= 0.6 is 19.2 Å². The summed E-state index contributed by atoms with van der Waals surface area (Å²) >= 11 is 5.96. The highest BCUT2D eigenvalue weighted by atomic mass is 35.5. The number of nitrogens with one attached hydrogen (secondary N) is 1. The molecule has 1 amide bonds. The first-order valence-electron chi connectivity index (χ1n) is 9.42. The van der Waals surface area contributed by atoms with Crippen molar-refractivity contribution in [2.24, 2.45) is 7.05 Å². The van der Waals surface area contributed by atoms with Gasteiger partial charge < -0.3 is 15.1 Å². The van der Waals surface area contributed by atoms with Gasteiger partial charge in [-0.15, -0.1) is 0 Å². The van der Waals surface area contributed by atoms with Crippen LogP contribution in [0.5, 0.6) is 0 Å². The van der Waals surface area contributed by atoms with Crippen LogP contribution in [-0.2, 0) is 21.6 Å². The van der Waals surface area contributed by atoms with Gasteiger partial charge in [-0.2, -0.15) is 5.10 Å². The number of hydrogen-bond donors (Lipinski definition) is 3. The van der Waals surface area contributed by atoms with E-state index in [1.807, 2.05) is 19.2 Å². The third kappa shape index (κ3) is 5.14. The Labute approximate surface area is 185 Å². The van der Waals surface area contributed by atoms with Crippen LogP contribution in [0.2, 0.25) is 5.02 Å². The van der Waals surface area contributed by atoms with Crippen molar-refractivity contribution >= 4 is 36.9 Å². The minimum absolute atomic E-state index is 0.340. The van der Waals surface area contributed by atoms with Crippen molar-refractivity contribution in [1.29, 1.82) is 0 Å². The zero-order chi connectivity index (χ0) is 22.8. The maximum Gasteiger partial charge on any atom is 0.335 e. The summed E-state index contributed by atoms with van der Waals surface area (Å²) in [6.07, 6.45) is 4.76. The molecule has 0 aliphatic carbocycles. The summed E-state index contributed by atoms with van der Waals surface area (Å²) in [7, 11) is -2.50. The lowest BCUT2D eigenvalue weighted by molar-refractivity contribution is -0.111. The third-order valence-electron chi connectivity index (χ3n) is 5.09. The second kappa shape index (κ2) is 8.81. The Hall–Kier alpha value is -2.70. The van der Waals surface area contributed by atoms with Crippen LogP contribution in [0, 0.1) is 0 Å². The van der Waals surface area contributed by atoms with Crippen LogP contribution in [0.25, 0.3) is 17.3 Å². The molecule has 3 N–H and O–H groups in total. The van der Waals surface area contributed by atoms with Crippen LogP contribution in [0.15, 0.2) is 60.8 Å². The second-order valence-corrected chi connectivity index (χ2v) is 10.2. The van der Waals surface area contributed by atoms with Crippen molar-refractivity contribution in [2.75, 3.05) is 5.32 Å². The average molecular weight is 460 g/mol. The molecular formula is C22H23ClN3O4P. The van der Waals surface area contributed by atoms with Gasteiger partial charge in [-0.3, -0.25) is 14.0 Å². The van der Waals surface area contributed by atoms with Crippen LogP contribution in [0.1, 0.15) is 25.0 Å². The first-order chi connectivity index (χ1) is 14.5. The largest absolute Gasteiger partial charge is 0.335 e. The Balaban J connectivity index is 1.74. The zero-order valence-corrected chi connectivity index (χ0v) is 18.9. The molecule has 162 valence electrons. The number of anilines is 1. The lowest BCUT2D eigenvalue weighted by atomic mass is 10.0. The SMILES string of the molecule is Cn1ncc(C=CC(=O)Nc2ccc(C(C)(C)P(=O)(O)O)cc2)c1-c1ccc(Cl)cc1. The molecule has 0 saturated heterocycles. The van der Waals surface area contributed by atoms with Crippen LogP contribution < -0.4 is 5.32 Å². The Morgan fingerprint density at radius 1 is 1.13 bits per heavy atom. The number of carbonyl (C=O) groups is 1. The highest BCUT2D eigenvalue weighted by molar-refractivity contribution is 7.53. The van der Waals surface area contributed by atoms with Gasteiger partial charge in [0.25, 0.3) is 0 Å². The molecule has 0 bridgehead atoms. The molecule has 0 aliphatic heterocycles. The fourth-order valence-electron chi connectivity index (χ4n) is 3.02. The van der Waals surface area contributed by atoms with Crippen molar-refractivity contribution < 1.29 is 19.1 Å². The third-order valence-corrected chi connectivity index (χ3v) is 7.05. The smallest absolute Gasteiger partial charge is 0.324 e. The maximum absolute atomic E-state index is 12.4. The summed E-state index contributed by atoms with van der Waals surface area (Å²) < 4.78 is 13.4. The van der Waals surface area contributed by atoms with E-state index in [-0.39, 0.29) is 5.91 Å². The van der Waals surface area contributed by atoms with Gasteiger partial charge in [-0.05, 0) is 49.8 Å². The second-order valence-electron chi connectivity index (χ2n) is 7.58. The van der Waals surface area contributed by atoms with Gasteiger partial charge in [0, 0.05) is 35.0 Å². The number of amides is 1. The van der Waals surface area contributed by atoms with E-state index in [0.717, 1.165) is 16.8 Å². The van der Waals surface area contributed by atoms with Crippen molar-refractivity contribution in [1.82, 2.24) is 9.78 Å². The van der Waals surface area contributed by atoms with Crippen molar-refractivity contribution in [3.63, 3.8) is 0 Å². The molecule has 0 fully saturated rings. The Bertz CT molecular complexity index is 1160. The van der Waals surface area contributed by atoms with Gasteiger partial charge in [-0.25, -0.2) is 0 Å². The number of aromatic nitrogens is 2. The first-order valence-corrected chi connectivity index (χ1v) is 11.4. The fourth-order valence-corrected chi connectivity index (χ4v) is 3.63. The van der Waals surface area contributed by atoms with Gasteiger partial charge in [0.15, 0.2) is 0 Å². The molecule has 0 unspecified atom stereocenters. The number of hydrogen-bond acceptors (Lipinski definition) is 3. The predicted octanol–water partition coefficient (Wildman–Crippen LogP) is 4.81. The lowest BCUT2D eigenvalue weighted by Gasteiger charge is -2.26. The molecule has 3 rings (SSSR count). The molecule has 0 spiro atoms. The minimum atomic E-state index is -4.32. The molecule has 9 heteroatoms. The molecule has 3 aromatic rings. The Kier molecular flexibility index (Phi) is 6.53. The topological polar surface area (TPSA) is 104 Å². The van der Waals surface area contributed by atoms with Crippen LogP contribution in [0.4, 0.5) is 5.69 Å². The summed E-state index contributed by atoms with van der Waals surface area (Å²) in [5, 5.41) is 6.33. The molecule has 0 saturated carbocycles. The standard InChI is InChI=1S/C22H23ClN3O4P/c1-22(2,31(28,29)30)17-7-11-19(12-8-17)25-20(27)13-6-16-14-24-26(3)21(16)15-4-9-18(23)10-5-15/h4-14H,1-3H3,(H,25,27)(H2,28,29,30). The lowest BCUT2D eigenvalue weighted by Crippen LogP contribution is -2.17. The summed E-state index contributed by atoms with van der Waals surface area (Å²) in [5.41, 5.74) is 3.55. The predicted molar refractivity (Wildman–Crippen MR) is 123 cm³/mol. The summed E-state index contributed by atoms with van der Waals surface area (Å²) in [6.45, 7) is 2.96. The zero-order valence-electron chi connectivity index (χ0n) is 17.3. The molecule has 0 aliphatic rings. The highest BCUT2D eigenvalue weighted by Crippen LogP contribution is 2.56. The molecular weight excluding hydrogens is 437 g/mol. The normalized spacial score (nSPS) is 12.3. The van der Waals surface area contributed by atoms with Crippen molar-refractivity contribution in [2.45, 2.75) is 19.0 Å². The van der Waals surface area contributed by atoms with Gasteiger partial charge >= 0.3 is 7.60 Å². The number of nitrogens with zero attached hydrogens (tertiary/aromatic N) is 2. The van der Waals surface area contributed by atoms with Crippen molar-refractivity contribution in [3.8, 4) is 11.3 Å². The molecule has 2 aromatic carbocycles. The Morgan fingerprint density at radius 2 is 1.74 bits per heavy atom. The first kappa shape index (κ1) is 23.0. The number of aryl methyl sites for hydroxylation is 1. The number of rotatable bonds is 6. The van der Waals surface area contributed by atoms with E-state index in [4.69, 9.17) is 11.6 Å². The van der Waals surface area contributed by atoms with E-state index in [1.165, 1.54) is 19.9 Å². The minimum Gasteiger partial charge on any atom is -0.324 e. The number of carbonyl (C=O) groups excluding carboxylic acids is 1. The van der Waals surface area contributed by atoms with E-state index >= 15 is 0 Å². The van der Waals surface area contributed by atoms with Gasteiger partial charge in [0.1, 0.15) is 0 Å². The molecule has 1 aromatic heterocycles. The molecule has 31 heavy (non-hydrogen) atoms. The van der Waals surface area contributed by atoms with E-state index in [2.05, 4.69) is 10.4 Å². The monoisotopic (exact) mass is 459 g/mol. The van der Waals surface area contributed by atoms with E-state index in [9.17, 15) is 19.1 Å². The Morgan fingerprint density at radius 3 is 2.32 bits per heavy atom. The fraction of sp³-hybridized carbons (Fsp3) is 0.182. The molecule has 0 atom stereocenters. The summed E-state index contributed by atoms with van der Waals surface area (Å²) in [5.74, 6) is -0.340. The molecule has 0 radical (unpaired) electrons. The van der Waals surface area contributed by atoms with Crippen LogP contribution in [-0.4, -0.2) is 25.5 Å². The molecule has 1 heterocycles.